The highest BCUT2D eigenvalue weighted by Crippen LogP contribution is 2.61. The Balaban J connectivity index is 1.32. The summed E-state index contributed by atoms with van der Waals surface area (Å²) in [7, 11) is 1.71. The SMILES string of the molecule is CO[C@]1(C)CCC[C@]2(C)C[C@H]3OC(=O)[C@H](C[NH+]4CCC5(CC4)OCCO5)[C@H]3C[C@@]21O. The van der Waals surface area contributed by atoms with Crippen molar-refractivity contribution in [2.75, 3.05) is 40.0 Å². The predicted molar refractivity (Wildman–Crippen MR) is 108 cm³/mol. The molecule has 6 atom stereocenters. The van der Waals surface area contributed by atoms with Gasteiger partial charge in [-0.15, -0.1) is 0 Å². The number of hydrogen-bond acceptors (Lipinski definition) is 6. The average Bonchev–Trinajstić information content (AvgIpc) is 3.28. The molecule has 1 spiro atoms. The maximum Gasteiger partial charge on any atom is 0.315 e. The first-order valence-electron chi connectivity index (χ1n) is 11.8. The second kappa shape index (κ2) is 7.14. The van der Waals surface area contributed by atoms with Crippen LogP contribution in [-0.4, -0.2) is 74.1 Å². The van der Waals surface area contributed by atoms with Crippen LogP contribution < -0.4 is 4.90 Å². The minimum Gasteiger partial charge on any atom is -0.462 e. The van der Waals surface area contributed by atoms with Crippen molar-refractivity contribution in [3.05, 3.63) is 0 Å². The first-order chi connectivity index (χ1) is 14.2. The third kappa shape index (κ3) is 2.99. The molecule has 5 fully saturated rings. The summed E-state index contributed by atoms with van der Waals surface area (Å²) in [5.74, 6) is -0.547. The van der Waals surface area contributed by atoms with Crippen molar-refractivity contribution < 1.29 is 33.7 Å². The molecule has 5 rings (SSSR count). The molecule has 0 unspecified atom stereocenters. The lowest BCUT2D eigenvalue weighted by atomic mass is 9.49. The molecular formula is C23H38NO6+. The molecule has 170 valence electrons. The number of esters is 1. The third-order valence-corrected chi connectivity index (χ3v) is 9.49. The fourth-order valence-corrected chi connectivity index (χ4v) is 7.40. The zero-order chi connectivity index (χ0) is 21.2. The molecule has 2 aliphatic carbocycles. The number of nitrogens with one attached hydrogen (secondary N) is 1. The van der Waals surface area contributed by atoms with Crippen LogP contribution >= 0.6 is 0 Å². The van der Waals surface area contributed by atoms with Crippen molar-refractivity contribution in [1.82, 2.24) is 0 Å². The largest absolute Gasteiger partial charge is 0.462 e. The number of methoxy groups -OCH3 is 1. The van der Waals surface area contributed by atoms with Crippen LogP contribution in [0, 0.1) is 17.3 Å². The fraction of sp³-hybridized carbons (Fsp3) is 0.957. The summed E-state index contributed by atoms with van der Waals surface area (Å²) in [5.41, 5.74) is -1.80. The summed E-state index contributed by atoms with van der Waals surface area (Å²) in [4.78, 5) is 14.3. The maximum atomic E-state index is 12.9. The number of aliphatic hydroxyl groups is 1. The predicted octanol–water partition coefficient (Wildman–Crippen LogP) is 0.686. The molecule has 30 heavy (non-hydrogen) atoms. The number of likely N-dealkylation sites (tertiary alicyclic amines) is 1. The van der Waals surface area contributed by atoms with E-state index in [9.17, 15) is 9.90 Å². The van der Waals surface area contributed by atoms with E-state index in [0.29, 0.717) is 19.6 Å². The van der Waals surface area contributed by atoms with Crippen LogP contribution in [0.2, 0.25) is 0 Å². The first kappa shape index (κ1) is 21.1. The molecule has 5 aliphatic rings. The van der Waals surface area contributed by atoms with E-state index in [4.69, 9.17) is 18.9 Å². The number of carbonyl (C=O) groups excluding carboxylic acids is 1. The van der Waals surface area contributed by atoms with Crippen molar-refractivity contribution in [3.63, 3.8) is 0 Å². The fourth-order valence-electron chi connectivity index (χ4n) is 7.40. The smallest absolute Gasteiger partial charge is 0.315 e. The van der Waals surface area contributed by atoms with E-state index in [1.807, 2.05) is 6.92 Å². The van der Waals surface area contributed by atoms with Gasteiger partial charge in [0.1, 0.15) is 12.0 Å². The molecule has 0 aromatic carbocycles. The maximum absolute atomic E-state index is 12.9. The second-order valence-corrected chi connectivity index (χ2v) is 10.9. The molecule has 3 saturated heterocycles. The molecule has 2 saturated carbocycles. The van der Waals surface area contributed by atoms with Crippen molar-refractivity contribution in [3.8, 4) is 0 Å². The molecule has 0 aromatic rings. The van der Waals surface area contributed by atoms with Gasteiger partial charge in [0.2, 0.25) is 0 Å². The minimum atomic E-state index is -0.937. The van der Waals surface area contributed by atoms with Crippen molar-refractivity contribution in [1.29, 1.82) is 0 Å². The number of quaternary nitrogens is 1. The number of fused-ring (bicyclic) bond motifs is 2. The quantitative estimate of drug-likeness (QED) is 0.649. The van der Waals surface area contributed by atoms with Gasteiger partial charge >= 0.3 is 5.97 Å². The highest BCUT2D eigenvalue weighted by atomic mass is 16.7. The zero-order valence-corrected chi connectivity index (χ0v) is 18.7. The average molecular weight is 425 g/mol. The Morgan fingerprint density at radius 2 is 1.80 bits per heavy atom. The second-order valence-electron chi connectivity index (χ2n) is 10.9. The van der Waals surface area contributed by atoms with Crippen LogP contribution in [0.5, 0.6) is 0 Å². The monoisotopic (exact) mass is 424 g/mol. The number of ether oxygens (including phenoxy) is 4. The standard InChI is InChI=1S/C23H37NO6/c1-20-5-4-6-21(2,27-3)23(20,26)13-16-17(19(25)30-18(16)14-20)15-24-9-7-22(8-10-24)28-11-12-29-22/h16-18,26H,4-15H2,1-3H3/p+1/t16-,17-,18-,20-,21-,23-/m1/s1. The highest BCUT2D eigenvalue weighted by Gasteiger charge is 2.68. The van der Waals surface area contributed by atoms with Gasteiger partial charge in [0, 0.05) is 18.4 Å². The van der Waals surface area contributed by atoms with Crippen molar-refractivity contribution >= 4 is 5.97 Å². The lowest BCUT2D eigenvalue weighted by Gasteiger charge is -2.61. The summed E-state index contributed by atoms with van der Waals surface area (Å²) in [6.45, 7) is 8.24. The van der Waals surface area contributed by atoms with Gasteiger partial charge < -0.3 is 29.0 Å². The van der Waals surface area contributed by atoms with Gasteiger partial charge in [-0.3, -0.25) is 4.79 Å². The summed E-state index contributed by atoms with van der Waals surface area (Å²) in [5, 5.41) is 12.0. The molecule has 2 N–H and O–H groups in total. The first-order valence-corrected chi connectivity index (χ1v) is 11.8. The molecule has 0 aromatic heterocycles. The van der Waals surface area contributed by atoms with E-state index in [0.717, 1.165) is 58.2 Å². The minimum absolute atomic E-state index is 0.0607. The normalized spacial score (nSPS) is 48.4. The molecular weight excluding hydrogens is 386 g/mol. The Bertz CT molecular complexity index is 685. The number of hydrogen-bond donors (Lipinski definition) is 2. The van der Waals surface area contributed by atoms with E-state index in [-0.39, 0.29) is 35.1 Å². The third-order valence-electron chi connectivity index (χ3n) is 9.49. The van der Waals surface area contributed by atoms with Crippen LogP contribution in [0.15, 0.2) is 0 Å². The van der Waals surface area contributed by atoms with Crippen LogP contribution in [0.1, 0.15) is 58.8 Å². The van der Waals surface area contributed by atoms with Gasteiger partial charge in [-0.1, -0.05) is 6.92 Å². The van der Waals surface area contributed by atoms with Crippen LogP contribution in [0.3, 0.4) is 0 Å². The van der Waals surface area contributed by atoms with Crippen molar-refractivity contribution in [2.45, 2.75) is 81.9 Å². The lowest BCUT2D eigenvalue weighted by molar-refractivity contribution is -0.911. The number of carbonyl (C=O) groups is 1. The summed E-state index contributed by atoms with van der Waals surface area (Å²) in [6.07, 6.45) is 5.82. The van der Waals surface area contributed by atoms with Gasteiger partial charge in [-0.2, -0.15) is 0 Å². The van der Waals surface area contributed by atoms with E-state index >= 15 is 0 Å². The van der Waals surface area contributed by atoms with E-state index < -0.39 is 11.2 Å². The van der Waals surface area contributed by atoms with Gasteiger partial charge in [0.15, 0.2) is 5.79 Å². The molecule has 3 heterocycles. The Morgan fingerprint density at radius 3 is 2.47 bits per heavy atom. The molecule has 0 bridgehead atoms. The van der Waals surface area contributed by atoms with Crippen LogP contribution in [0.4, 0.5) is 0 Å². The lowest BCUT2D eigenvalue weighted by Crippen LogP contribution is -3.14. The van der Waals surface area contributed by atoms with Crippen LogP contribution in [0.25, 0.3) is 0 Å². The Morgan fingerprint density at radius 1 is 1.10 bits per heavy atom. The van der Waals surface area contributed by atoms with Crippen molar-refractivity contribution in [2.24, 2.45) is 17.3 Å². The van der Waals surface area contributed by atoms with Gasteiger partial charge in [-0.25, -0.2) is 0 Å². The topological polar surface area (TPSA) is 78.7 Å². The van der Waals surface area contributed by atoms with E-state index in [2.05, 4.69) is 6.92 Å². The summed E-state index contributed by atoms with van der Waals surface area (Å²) >= 11 is 0. The Kier molecular flexibility index (Phi) is 5.03. The van der Waals surface area contributed by atoms with Crippen LogP contribution in [-0.2, 0) is 23.7 Å². The Labute approximate surface area is 179 Å². The van der Waals surface area contributed by atoms with Gasteiger partial charge in [0.25, 0.3) is 0 Å². The molecule has 7 heteroatoms. The molecule has 3 aliphatic heterocycles. The number of rotatable bonds is 3. The van der Waals surface area contributed by atoms with Gasteiger partial charge in [-0.05, 0) is 39.0 Å². The highest BCUT2D eigenvalue weighted by molar-refractivity contribution is 5.75. The van der Waals surface area contributed by atoms with E-state index in [1.165, 1.54) is 4.90 Å². The number of piperidine rings is 1. The molecule has 0 radical (unpaired) electrons. The summed E-state index contributed by atoms with van der Waals surface area (Å²) in [6, 6.07) is 0. The van der Waals surface area contributed by atoms with Gasteiger partial charge in [0.05, 0.1) is 56.9 Å². The van der Waals surface area contributed by atoms with E-state index in [1.54, 1.807) is 7.11 Å². The molecule has 7 nitrogen and oxygen atoms in total. The Hall–Kier alpha value is -0.730. The zero-order valence-electron chi connectivity index (χ0n) is 18.7. The molecule has 0 amide bonds. The summed E-state index contributed by atoms with van der Waals surface area (Å²) < 4.78 is 23.5.